The highest BCUT2D eigenvalue weighted by atomic mass is 32.2. The standard InChI is InChI=1S/C10H13FN2OS/c11-9-5-7(10(13)14)1-2-8(9)6-15-4-3-12/h1-2,5H,3-4,6,12H2,(H2,13,14). The van der Waals surface area contributed by atoms with Gasteiger partial charge in [-0.2, -0.15) is 11.8 Å². The second-order valence-electron chi connectivity index (χ2n) is 3.01. The van der Waals surface area contributed by atoms with Crippen LogP contribution >= 0.6 is 11.8 Å². The van der Waals surface area contributed by atoms with Gasteiger partial charge >= 0.3 is 0 Å². The van der Waals surface area contributed by atoms with E-state index in [1.54, 1.807) is 17.8 Å². The second-order valence-corrected chi connectivity index (χ2v) is 4.12. The summed E-state index contributed by atoms with van der Waals surface area (Å²) in [6.07, 6.45) is 0. The van der Waals surface area contributed by atoms with Crippen LogP contribution in [0, 0.1) is 5.82 Å². The lowest BCUT2D eigenvalue weighted by Crippen LogP contribution is -2.11. The van der Waals surface area contributed by atoms with Crippen molar-refractivity contribution in [3.8, 4) is 0 Å². The van der Waals surface area contributed by atoms with E-state index in [1.807, 2.05) is 0 Å². The molecule has 0 atom stereocenters. The van der Waals surface area contributed by atoms with E-state index in [1.165, 1.54) is 12.1 Å². The summed E-state index contributed by atoms with van der Waals surface area (Å²) in [5, 5.41) is 0. The predicted octanol–water partition coefficient (Wildman–Crippen LogP) is 1.12. The number of benzene rings is 1. The molecule has 0 aromatic heterocycles. The van der Waals surface area contributed by atoms with Gasteiger partial charge in [0.25, 0.3) is 0 Å². The zero-order chi connectivity index (χ0) is 11.3. The Morgan fingerprint density at radius 1 is 1.47 bits per heavy atom. The van der Waals surface area contributed by atoms with E-state index in [0.29, 0.717) is 17.9 Å². The van der Waals surface area contributed by atoms with E-state index < -0.39 is 11.7 Å². The molecule has 0 fully saturated rings. The molecule has 1 aromatic rings. The van der Waals surface area contributed by atoms with Crippen LogP contribution in [0.1, 0.15) is 15.9 Å². The van der Waals surface area contributed by atoms with Gasteiger partial charge in [-0.3, -0.25) is 4.79 Å². The summed E-state index contributed by atoms with van der Waals surface area (Å²) in [4.78, 5) is 10.8. The molecule has 4 N–H and O–H groups in total. The largest absolute Gasteiger partial charge is 0.366 e. The number of carbonyl (C=O) groups is 1. The Labute approximate surface area is 92.0 Å². The fourth-order valence-electron chi connectivity index (χ4n) is 1.08. The average molecular weight is 228 g/mol. The molecule has 15 heavy (non-hydrogen) atoms. The third-order valence-corrected chi connectivity index (χ3v) is 2.90. The van der Waals surface area contributed by atoms with Gasteiger partial charge in [0, 0.05) is 23.6 Å². The van der Waals surface area contributed by atoms with Gasteiger partial charge in [0.15, 0.2) is 0 Å². The number of amides is 1. The van der Waals surface area contributed by atoms with E-state index in [-0.39, 0.29) is 5.56 Å². The minimum absolute atomic E-state index is 0.195. The van der Waals surface area contributed by atoms with Crippen LogP contribution in [-0.2, 0) is 5.75 Å². The second kappa shape index (κ2) is 5.72. The first-order valence-electron chi connectivity index (χ1n) is 4.51. The van der Waals surface area contributed by atoms with Crippen LogP contribution in [0.15, 0.2) is 18.2 Å². The molecule has 0 heterocycles. The number of hydrogen-bond donors (Lipinski definition) is 2. The number of thioether (sulfide) groups is 1. The van der Waals surface area contributed by atoms with E-state index >= 15 is 0 Å². The summed E-state index contributed by atoms with van der Waals surface area (Å²) in [6, 6.07) is 4.28. The molecule has 0 spiro atoms. The first kappa shape index (κ1) is 12.0. The van der Waals surface area contributed by atoms with Crippen molar-refractivity contribution >= 4 is 17.7 Å². The van der Waals surface area contributed by atoms with Gasteiger partial charge in [-0.25, -0.2) is 4.39 Å². The molecule has 0 aliphatic carbocycles. The predicted molar refractivity (Wildman–Crippen MR) is 60.1 cm³/mol. The van der Waals surface area contributed by atoms with E-state index in [0.717, 1.165) is 5.75 Å². The quantitative estimate of drug-likeness (QED) is 0.742. The molecular formula is C10H13FN2OS. The molecule has 0 bridgehead atoms. The smallest absolute Gasteiger partial charge is 0.248 e. The highest BCUT2D eigenvalue weighted by Gasteiger charge is 2.06. The fraction of sp³-hybridized carbons (Fsp3) is 0.300. The summed E-state index contributed by atoms with van der Waals surface area (Å²) < 4.78 is 13.4. The SMILES string of the molecule is NCCSCc1ccc(C(N)=O)cc1F. The van der Waals surface area contributed by atoms with Crippen molar-refractivity contribution in [2.45, 2.75) is 5.75 Å². The third-order valence-electron chi connectivity index (χ3n) is 1.86. The molecule has 1 aromatic carbocycles. The number of carbonyl (C=O) groups excluding carboxylic acids is 1. The minimum atomic E-state index is -0.616. The van der Waals surface area contributed by atoms with E-state index in [2.05, 4.69) is 0 Å². The highest BCUT2D eigenvalue weighted by molar-refractivity contribution is 7.98. The lowest BCUT2D eigenvalue weighted by molar-refractivity contribution is 0.1000. The zero-order valence-electron chi connectivity index (χ0n) is 8.20. The number of primary amides is 1. The molecule has 3 nitrogen and oxygen atoms in total. The summed E-state index contributed by atoms with van der Waals surface area (Å²) in [5.41, 5.74) is 11.1. The highest BCUT2D eigenvalue weighted by Crippen LogP contribution is 2.16. The Balaban J connectivity index is 2.70. The molecule has 0 aliphatic rings. The minimum Gasteiger partial charge on any atom is -0.366 e. The maximum absolute atomic E-state index is 13.4. The summed E-state index contributed by atoms with van der Waals surface area (Å²) in [5.74, 6) is 0.338. The Morgan fingerprint density at radius 2 is 2.20 bits per heavy atom. The summed E-state index contributed by atoms with van der Waals surface area (Å²) in [7, 11) is 0. The Morgan fingerprint density at radius 3 is 2.73 bits per heavy atom. The lowest BCUT2D eigenvalue weighted by Gasteiger charge is -2.03. The van der Waals surface area contributed by atoms with Crippen LogP contribution in [0.25, 0.3) is 0 Å². The molecule has 1 amide bonds. The molecule has 82 valence electrons. The van der Waals surface area contributed by atoms with Gasteiger partial charge in [-0.15, -0.1) is 0 Å². The monoisotopic (exact) mass is 228 g/mol. The molecule has 0 unspecified atom stereocenters. The van der Waals surface area contributed by atoms with Gasteiger partial charge < -0.3 is 11.5 Å². The molecule has 1 rings (SSSR count). The van der Waals surface area contributed by atoms with Crippen LogP contribution in [0.2, 0.25) is 0 Å². The average Bonchev–Trinajstić information content (AvgIpc) is 2.20. The van der Waals surface area contributed by atoms with Crippen molar-refractivity contribution < 1.29 is 9.18 Å². The lowest BCUT2D eigenvalue weighted by atomic mass is 10.1. The van der Waals surface area contributed by atoms with Crippen LogP contribution in [0.4, 0.5) is 4.39 Å². The number of halogens is 1. The molecule has 0 saturated carbocycles. The molecule has 0 aliphatic heterocycles. The maximum atomic E-state index is 13.4. The zero-order valence-corrected chi connectivity index (χ0v) is 9.02. The van der Waals surface area contributed by atoms with Gasteiger partial charge in [0.1, 0.15) is 5.82 Å². The van der Waals surface area contributed by atoms with Crippen molar-refractivity contribution in [2.75, 3.05) is 12.3 Å². The van der Waals surface area contributed by atoms with Gasteiger partial charge in [-0.1, -0.05) is 6.07 Å². The van der Waals surface area contributed by atoms with Crippen LogP contribution in [0.3, 0.4) is 0 Å². The van der Waals surface area contributed by atoms with Gasteiger partial charge in [0.2, 0.25) is 5.91 Å². The first-order chi connectivity index (χ1) is 7.15. The Hall–Kier alpha value is -1.07. The third kappa shape index (κ3) is 3.53. The van der Waals surface area contributed by atoms with Gasteiger partial charge in [0.05, 0.1) is 0 Å². The topological polar surface area (TPSA) is 69.1 Å². The molecule has 5 heteroatoms. The van der Waals surface area contributed by atoms with E-state index in [9.17, 15) is 9.18 Å². The summed E-state index contributed by atoms with van der Waals surface area (Å²) in [6.45, 7) is 0.575. The number of hydrogen-bond acceptors (Lipinski definition) is 3. The van der Waals surface area contributed by atoms with E-state index in [4.69, 9.17) is 11.5 Å². The normalized spacial score (nSPS) is 10.3. The van der Waals surface area contributed by atoms with Crippen molar-refractivity contribution in [3.05, 3.63) is 35.1 Å². The van der Waals surface area contributed by atoms with Crippen molar-refractivity contribution in [2.24, 2.45) is 11.5 Å². The molecular weight excluding hydrogens is 215 g/mol. The summed E-state index contributed by atoms with van der Waals surface area (Å²) >= 11 is 1.55. The Bertz CT molecular complexity index is 357. The van der Waals surface area contributed by atoms with Crippen molar-refractivity contribution in [1.29, 1.82) is 0 Å². The van der Waals surface area contributed by atoms with Crippen LogP contribution < -0.4 is 11.5 Å². The van der Waals surface area contributed by atoms with Crippen molar-refractivity contribution in [1.82, 2.24) is 0 Å². The first-order valence-corrected chi connectivity index (χ1v) is 5.66. The number of nitrogens with two attached hydrogens (primary N) is 2. The van der Waals surface area contributed by atoms with Crippen LogP contribution in [0.5, 0.6) is 0 Å². The molecule has 0 saturated heterocycles. The number of rotatable bonds is 5. The fourth-order valence-corrected chi connectivity index (χ4v) is 1.85. The van der Waals surface area contributed by atoms with Crippen LogP contribution in [-0.4, -0.2) is 18.2 Å². The van der Waals surface area contributed by atoms with Crippen molar-refractivity contribution in [3.63, 3.8) is 0 Å². The maximum Gasteiger partial charge on any atom is 0.248 e. The Kier molecular flexibility index (Phi) is 4.58. The van der Waals surface area contributed by atoms with Gasteiger partial charge in [-0.05, 0) is 17.7 Å². The molecule has 0 radical (unpaired) electrons.